The SMILES string of the molecule is Cc1ccc(NC(=O)CN2CCN(Cc3ccccc3F)CC2)cc1[N+](=O)[O-]. The number of hydrogen-bond acceptors (Lipinski definition) is 5. The van der Waals surface area contributed by atoms with Crippen LogP contribution >= 0.6 is 0 Å². The number of carbonyl (C=O) groups is 1. The highest BCUT2D eigenvalue weighted by molar-refractivity contribution is 5.92. The molecule has 0 spiro atoms. The van der Waals surface area contributed by atoms with Crippen molar-refractivity contribution in [3.8, 4) is 0 Å². The van der Waals surface area contributed by atoms with Gasteiger partial charge in [0.05, 0.1) is 11.5 Å². The van der Waals surface area contributed by atoms with Crippen LogP contribution in [0, 0.1) is 22.9 Å². The van der Waals surface area contributed by atoms with Gasteiger partial charge in [-0.3, -0.25) is 24.7 Å². The minimum Gasteiger partial charge on any atom is -0.325 e. The molecule has 148 valence electrons. The topological polar surface area (TPSA) is 78.7 Å². The summed E-state index contributed by atoms with van der Waals surface area (Å²) in [6, 6.07) is 11.4. The number of nitrogens with one attached hydrogen (secondary N) is 1. The third-order valence-electron chi connectivity index (χ3n) is 4.87. The molecule has 8 heteroatoms. The Hall–Kier alpha value is -2.84. The Balaban J connectivity index is 1.48. The number of aryl methyl sites for hydroxylation is 1. The standard InChI is InChI=1S/C20H23FN4O3/c1-15-6-7-17(12-19(15)25(27)28)22-20(26)14-24-10-8-23(9-11-24)13-16-4-2-3-5-18(16)21/h2-7,12H,8-11,13-14H2,1H3,(H,22,26). The molecule has 0 radical (unpaired) electrons. The number of nitrogens with zero attached hydrogens (tertiary/aromatic N) is 3. The van der Waals surface area contributed by atoms with Gasteiger partial charge in [0.15, 0.2) is 0 Å². The number of nitro benzene ring substituents is 1. The van der Waals surface area contributed by atoms with Crippen molar-refractivity contribution in [2.45, 2.75) is 13.5 Å². The quantitative estimate of drug-likeness (QED) is 0.610. The number of amides is 1. The number of rotatable bonds is 6. The van der Waals surface area contributed by atoms with E-state index in [4.69, 9.17) is 0 Å². The predicted octanol–water partition coefficient (Wildman–Crippen LogP) is 2.80. The fraction of sp³-hybridized carbons (Fsp3) is 0.350. The number of anilines is 1. The molecule has 1 saturated heterocycles. The van der Waals surface area contributed by atoms with Gasteiger partial charge in [-0.15, -0.1) is 0 Å². The maximum atomic E-state index is 13.8. The van der Waals surface area contributed by atoms with E-state index in [1.165, 1.54) is 12.1 Å². The van der Waals surface area contributed by atoms with Crippen LogP contribution in [-0.4, -0.2) is 53.4 Å². The lowest BCUT2D eigenvalue weighted by atomic mass is 10.2. The fourth-order valence-electron chi connectivity index (χ4n) is 3.26. The fourth-order valence-corrected chi connectivity index (χ4v) is 3.26. The van der Waals surface area contributed by atoms with Crippen molar-refractivity contribution in [1.29, 1.82) is 0 Å². The van der Waals surface area contributed by atoms with Gasteiger partial charge in [0.2, 0.25) is 5.91 Å². The van der Waals surface area contributed by atoms with Crippen LogP contribution in [0.25, 0.3) is 0 Å². The second-order valence-corrected chi connectivity index (χ2v) is 6.95. The smallest absolute Gasteiger partial charge is 0.274 e. The number of hydrogen-bond donors (Lipinski definition) is 1. The zero-order valence-corrected chi connectivity index (χ0v) is 15.7. The second kappa shape index (κ2) is 8.90. The first-order valence-corrected chi connectivity index (χ1v) is 9.15. The second-order valence-electron chi connectivity index (χ2n) is 6.95. The Morgan fingerprint density at radius 2 is 1.82 bits per heavy atom. The summed E-state index contributed by atoms with van der Waals surface area (Å²) in [5.74, 6) is -0.405. The molecule has 0 unspecified atom stereocenters. The molecular weight excluding hydrogens is 363 g/mol. The van der Waals surface area contributed by atoms with Gasteiger partial charge in [-0.2, -0.15) is 0 Å². The van der Waals surface area contributed by atoms with Crippen LogP contribution in [-0.2, 0) is 11.3 Å². The average Bonchev–Trinajstić information content (AvgIpc) is 2.66. The van der Waals surface area contributed by atoms with E-state index in [0.29, 0.717) is 36.4 Å². The van der Waals surface area contributed by atoms with Crippen molar-refractivity contribution in [2.24, 2.45) is 0 Å². The average molecular weight is 386 g/mol. The first-order valence-electron chi connectivity index (χ1n) is 9.15. The lowest BCUT2D eigenvalue weighted by Gasteiger charge is -2.34. The molecule has 2 aromatic rings. The van der Waals surface area contributed by atoms with E-state index < -0.39 is 4.92 Å². The molecule has 1 N–H and O–H groups in total. The van der Waals surface area contributed by atoms with Crippen LogP contribution in [0.1, 0.15) is 11.1 Å². The summed E-state index contributed by atoms with van der Waals surface area (Å²) < 4.78 is 13.8. The van der Waals surface area contributed by atoms with Crippen molar-refractivity contribution in [3.63, 3.8) is 0 Å². The van der Waals surface area contributed by atoms with E-state index in [-0.39, 0.29) is 24.0 Å². The molecular formula is C20H23FN4O3. The summed E-state index contributed by atoms with van der Waals surface area (Å²) >= 11 is 0. The number of benzene rings is 2. The molecule has 28 heavy (non-hydrogen) atoms. The predicted molar refractivity (Wildman–Crippen MR) is 105 cm³/mol. The van der Waals surface area contributed by atoms with Gasteiger partial charge in [0, 0.05) is 55.6 Å². The van der Waals surface area contributed by atoms with Crippen LogP contribution in [0.4, 0.5) is 15.8 Å². The Morgan fingerprint density at radius 3 is 2.50 bits per heavy atom. The molecule has 0 aliphatic carbocycles. The number of carbonyl (C=O) groups excluding carboxylic acids is 1. The van der Waals surface area contributed by atoms with Gasteiger partial charge in [-0.1, -0.05) is 24.3 Å². The lowest BCUT2D eigenvalue weighted by Crippen LogP contribution is -2.48. The van der Waals surface area contributed by atoms with E-state index in [0.717, 1.165) is 13.1 Å². The summed E-state index contributed by atoms with van der Waals surface area (Å²) in [7, 11) is 0. The maximum Gasteiger partial charge on any atom is 0.274 e. The Morgan fingerprint density at radius 1 is 1.14 bits per heavy atom. The molecule has 0 bridgehead atoms. The monoisotopic (exact) mass is 386 g/mol. The van der Waals surface area contributed by atoms with Gasteiger partial charge in [-0.25, -0.2) is 4.39 Å². The van der Waals surface area contributed by atoms with Crippen LogP contribution in [0.15, 0.2) is 42.5 Å². The first-order chi connectivity index (χ1) is 13.4. The lowest BCUT2D eigenvalue weighted by molar-refractivity contribution is -0.385. The summed E-state index contributed by atoms with van der Waals surface area (Å²) in [5.41, 5.74) is 1.63. The first kappa shape index (κ1) is 19.9. The van der Waals surface area contributed by atoms with E-state index in [1.54, 1.807) is 31.2 Å². The van der Waals surface area contributed by atoms with Crippen LogP contribution < -0.4 is 5.32 Å². The summed E-state index contributed by atoms with van der Waals surface area (Å²) in [4.78, 5) is 27.0. The molecule has 1 aliphatic rings. The van der Waals surface area contributed by atoms with Crippen LogP contribution in [0.5, 0.6) is 0 Å². The Kier molecular flexibility index (Phi) is 6.33. The maximum absolute atomic E-state index is 13.8. The summed E-state index contributed by atoms with van der Waals surface area (Å²) in [5, 5.41) is 13.7. The molecule has 1 amide bonds. The van der Waals surface area contributed by atoms with Gasteiger partial charge < -0.3 is 5.32 Å². The largest absolute Gasteiger partial charge is 0.325 e. The number of piperazine rings is 1. The molecule has 1 fully saturated rings. The molecule has 1 heterocycles. The van der Waals surface area contributed by atoms with Crippen LogP contribution in [0.3, 0.4) is 0 Å². The normalized spacial score (nSPS) is 15.4. The highest BCUT2D eigenvalue weighted by atomic mass is 19.1. The third-order valence-corrected chi connectivity index (χ3v) is 4.87. The Bertz CT molecular complexity index is 866. The zero-order valence-electron chi connectivity index (χ0n) is 15.7. The minimum atomic E-state index is -0.459. The van der Waals surface area contributed by atoms with Crippen molar-refractivity contribution < 1.29 is 14.1 Å². The van der Waals surface area contributed by atoms with Gasteiger partial charge in [-0.05, 0) is 19.1 Å². The molecule has 2 aromatic carbocycles. The van der Waals surface area contributed by atoms with Crippen molar-refractivity contribution >= 4 is 17.3 Å². The highest BCUT2D eigenvalue weighted by Crippen LogP contribution is 2.22. The highest BCUT2D eigenvalue weighted by Gasteiger charge is 2.20. The zero-order chi connectivity index (χ0) is 20.1. The van der Waals surface area contributed by atoms with E-state index in [9.17, 15) is 19.3 Å². The molecule has 0 atom stereocenters. The minimum absolute atomic E-state index is 0.0143. The van der Waals surface area contributed by atoms with Gasteiger partial charge in [0.1, 0.15) is 5.82 Å². The van der Waals surface area contributed by atoms with E-state index in [2.05, 4.69) is 10.2 Å². The van der Waals surface area contributed by atoms with E-state index in [1.807, 2.05) is 11.0 Å². The number of halogens is 1. The Labute approximate surface area is 162 Å². The molecule has 1 aliphatic heterocycles. The molecule has 3 rings (SSSR count). The van der Waals surface area contributed by atoms with Gasteiger partial charge in [0.25, 0.3) is 5.69 Å². The number of nitro groups is 1. The molecule has 0 aromatic heterocycles. The van der Waals surface area contributed by atoms with Crippen molar-refractivity contribution in [1.82, 2.24) is 9.80 Å². The summed E-state index contributed by atoms with van der Waals surface area (Å²) in [6.45, 7) is 5.33. The molecule has 7 nitrogen and oxygen atoms in total. The van der Waals surface area contributed by atoms with Crippen molar-refractivity contribution in [3.05, 3.63) is 69.5 Å². The molecule has 0 saturated carbocycles. The summed E-state index contributed by atoms with van der Waals surface area (Å²) in [6.07, 6.45) is 0. The van der Waals surface area contributed by atoms with Crippen LogP contribution in [0.2, 0.25) is 0 Å². The van der Waals surface area contributed by atoms with Crippen molar-refractivity contribution in [2.75, 3.05) is 38.0 Å². The van der Waals surface area contributed by atoms with Gasteiger partial charge >= 0.3 is 0 Å². The third kappa shape index (κ3) is 5.11. The van der Waals surface area contributed by atoms with E-state index >= 15 is 0 Å².